The number of aromatic nitrogens is 3. The number of carbonyl (C=O) groups excluding carboxylic acids is 2. The van der Waals surface area contributed by atoms with Crippen LogP contribution in [0.5, 0.6) is 5.75 Å². The standard InChI is InChI=1S/C18H23N5O3/c1-4-23-12-20-22-16(23)11-19-18(25)13(2)21-17(24)10-7-14-5-8-15(26-3)9-6-14/h5-10,12-13H,4,11H2,1-3H3,(H,19,25)(H,21,24)/b10-7+/t13-/m1/s1. The number of carbonyl (C=O) groups is 2. The molecule has 0 unspecified atom stereocenters. The Morgan fingerprint density at radius 1 is 1.31 bits per heavy atom. The van der Waals surface area contributed by atoms with E-state index in [1.165, 1.54) is 6.08 Å². The number of benzene rings is 1. The van der Waals surface area contributed by atoms with E-state index in [0.717, 1.165) is 17.9 Å². The van der Waals surface area contributed by atoms with Gasteiger partial charge in [-0.15, -0.1) is 10.2 Å². The Balaban J connectivity index is 1.81. The molecule has 8 heteroatoms. The molecule has 0 saturated carbocycles. The van der Waals surface area contributed by atoms with Crippen molar-refractivity contribution in [3.05, 3.63) is 48.1 Å². The lowest BCUT2D eigenvalue weighted by Gasteiger charge is -2.13. The Hall–Kier alpha value is -3.16. The summed E-state index contributed by atoms with van der Waals surface area (Å²) in [5.74, 6) is 0.775. The van der Waals surface area contributed by atoms with E-state index in [4.69, 9.17) is 4.74 Å². The summed E-state index contributed by atoms with van der Waals surface area (Å²) in [6.45, 7) is 4.57. The van der Waals surface area contributed by atoms with E-state index in [2.05, 4.69) is 20.8 Å². The highest BCUT2D eigenvalue weighted by Gasteiger charge is 2.15. The maximum atomic E-state index is 12.1. The van der Waals surface area contributed by atoms with E-state index in [9.17, 15) is 9.59 Å². The fourth-order valence-electron chi connectivity index (χ4n) is 2.21. The topological polar surface area (TPSA) is 98.1 Å². The van der Waals surface area contributed by atoms with Crippen molar-refractivity contribution in [1.29, 1.82) is 0 Å². The van der Waals surface area contributed by atoms with Crippen LogP contribution in [0.2, 0.25) is 0 Å². The molecular weight excluding hydrogens is 334 g/mol. The number of ether oxygens (including phenoxy) is 1. The number of hydrogen-bond acceptors (Lipinski definition) is 5. The number of aryl methyl sites for hydroxylation is 1. The molecule has 1 heterocycles. The summed E-state index contributed by atoms with van der Waals surface area (Å²) in [6.07, 6.45) is 4.67. The van der Waals surface area contributed by atoms with Gasteiger partial charge in [0.1, 0.15) is 18.1 Å². The molecule has 8 nitrogen and oxygen atoms in total. The lowest BCUT2D eigenvalue weighted by molar-refractivity contribution is -0.126. The summed E-state index contributed by atoms with van der Waals surface area (Å²) >= 11 is 0. The molecule has 0 aliphatic rings. The van der Waals surface area contributed by atoms with Crippen LogP contribution in [0.1, 0.15) is 25.2 Å². The van der Waals surface area contributed by atoms with Crippen LogP contribution in [0, 0.1) is 0 Å². The third kappa shape index (κ3) is 5.44. The molecule has 0 spiro atoms. The van der Waals surface area contributed by atoms with Crippen molar-refractivity contribution >= 4 is 17.9 Å². The Labute approximate surface area is 152 Å². The van der Waals surface area contributed by atoms with Crippen molar-refractivity contribution in [1.82, 2.24) is 25.4 Å². The minimum absolute atomic E-state index is 0.259. The van der Waals surface area contributed by atoms with Gasteiger partial charge < -0.3 is 19.9 Å². The second kappa shape index (κ2) is 9.36. The van der Waals surface area contributed by atoms with Gasteiger partial charge in [-0.1, -0.05) is 12.1 Å². The molecule has 26 heavy (non-hydrogen) atoms. The molecule has 2 amide bonds. The highest BCUT2D eigenvalue weighted by molar-refractivity contribution is 5.95. The van der Waals surface area contributed by atoms with Crippen LogP contribution in [0.3, 0.4) is 0 Å². The van der Waals surface area contributed by atoms with E-state index >= 15 is 0 Å². The van der Waals surface area contributed by atoms with Gasteiger partial charge in [0.25, 0.3) is 0 Å². The van der Waals surface area contributed by atoms with Gasteiger partial charge in [-0.05, 0) is 37.6 Å². The Kier molecular flexibility index (Phi) is 6.90. The lowest BCUT2D eigenvalue weighted by Crippen LogP contribution is -2.44. The zero-order valence-electron chi connectivity index (χ0n) is 15.1. The normalized spacial score (nSPS) is 12.0. The molecule has 2 aromatic rings. The number of nitrogens with zero attached hydrogens (tertiary/aromatic N) is 3. The van der Waals surface area contributed by atoms with Crippen molar-refractivity contribution in [2.75, 3.05) is 7.11 Å². The second-order valence-corrected chi connectivity index (χ2v) is 5.59. The third-order valence-electron chi connectivity index (χ3n) is 3.75. The zero-order valence-corrected chi connectivity index (χ0v) is 15.1. The number of hydrogen-bond donors (Lipinski definition) is 2. The lowest BCUT2D eigenvalue weighted by atomic mass is 10.2. The predicted molar refractivity (Wildman–Crippen MR) is 97.2 cm³/mol. The molecule has 0 bridgehead atoms. The van der Waals surface area contributed by atoms with Gasteiger partial charge >= 0.3 is 0 Å². The van der Waals surface area contributed by atoms with Gasteiger partial charge in [0.05, 0.1) is 13.7 Å². The first-order valence-electron chi connectivity index (χ1n) is 8.30. The van der Waals surface area contributed by atoms with Crippen LogP contribution in [0.4, 0.5) is 0 Å². The van der Waals surface area contributed by atoms with Gasteiger partial charge in [-0.25, -0.2) is 0 Å². The number of amides is 2. The first-order chi connectivity index (χ1) is 12.5. The smallest absolute Gasteiger partial charge is 0.244 e. The molecule has 0 saturated heterocycles. The number of methoxy groups -OCH3 is 1. The van der Waals surface area contributed by atoms with Crippen LogP contribution in [-0.2, 0) is 22.7 Å². The van der Waals surface area contributed by atoms with Gasteiger partial charge in [0.2, 0.25) is 11.8 Å². The van der Waals surface area contributed by atoms with E-state index in [1.54, 1.807) is 26.4 Å². The fourth-order valence-corrected chi connectivity index (χ4v) is 2.21. The Morgan fingerprint density at radius 3 is 2.69 bits per heavy atom. The SMILES string of the molecule is CCn1cnnc1CNC(=O)[C@@H](C)NC(=O)/C=C/c1ccc(OC)cc1. The largest absolute Gasteiger partial charge is 0.497 e. The van der Waals surface area contributed by atoms with Crippen molar-refractivity contribution in [2.45, 2.75) is 33.0 Å². The molecular formula is C18H23N5O3. The van der Waals surface area contributed by atoms with Crippen LogP contribution in [-0.4, -0.2) is 39.7 Å². The first kappa shape index (κ1) is 19.2. The molecule has 0 aliphatic heterocycles. The van der Waals surface area contributed by atoms with Gasteiger partial charge in [-0.3, -0.25) is 9.59 Å². The Morgan fingerprint density at radius 2 is 2.04 bits per heavy atom. The second-order valence-electron chi connectivity index (χ2n) is 5.59. The maximum Gasteiger partial charge on any atom is 0.244 e. The minimum atomic E-state index is -0.666. The summed E-state index contributed by atoms with van der Waals surface area (Å²) in [4.78, 5) is 24.1. The summed E-state index contributed by atoms with van der Waals surface area (Å²) in [5, 5.41) is 13.1. The van der Waals surface area contributed by atoms with Crippen molar-refractivity contribution in [3.8, 4) is 5.75 Å². The van der Waals surface area contributed by atoms with E-state index < -0.39 is 6.04 Å². The average molecular weight is 357 g/mol. The van der Waals surface area contributed by atoms with Gasteiger partial charge in [0, 0.05) is 12.6 Å². The average Bonchev–Trinajstić information content (AvgIpc) is 3.12. The van der Waals surface area contributed by atoms with Crippen LogP contribution < -0.4 is 15.4 Å². The molecule has 0 radical (unpaired) electrons. The van der Waals surface area contributed by atoms with E-state index in [1.807, 2.05) is 35.8 Å². The van der Waals surface area contributed by atoms with E-state index in [-0.39, 0.29) is 18.4 Å². The summed E-state index contributed by atoms with van der Waals surface area (Å²) in [5.41, 5.74) is 0.858. The summed E-state index contributed by atoms with van der Waals surface area (Å²) in [7, 11) is 1.59. The molecule has 1 aromatic carbocycles. The van der Waals surface area contributed by atoms with Crippen LogP contribution in [0.15, 0.2) is 36.7 Å². The molecule has 2 N–H and O–H groups in total. The monoisotopic (exact) mass is 357 g/mol. The molecule has 0 fully saturated rings. The number of nitrogens with one attached hydrogen (secondary N) is 2. The predicted octanol–water partition coefficient (Wildman–Crippen LogP) is 1.14. The highest BCUT2D eigenvalue weighted by atomic mass is 16.5. The van der Waals surface area contributed by atoms with Crippen molar-refractivity contribution in [2.24, 2.45) is 0 Å². The number of rotatable bonds is 8. The van der Waals surface area contributed by atoms with E-state index in [0.29, 0.717) is 5.82 Å². The molecule has 1 atom stereocenters. The fraction of sp³-hybridized carbons (Fsp3) is 0.333. The van der Waals surface area contributed by atoms with Crippen molar-refractivity contribution in [3.63, 3.8) is 0 Å². The van der Waals surface area contributed by atoms with Gasteiger partial charge in [-0.2, -0.15) is 0 Å². The first-order valence-corrected chi connectivity index (χ1v) is 8.30. The molecule has 138 valence electrons. The van der Waals surface area contributed by atoms with Gasteiger partial charge in [0.15, 0.2) is 5.82 Å². The Bertz CT molecular complexity index is 767. The molecule has 1 aromatic heterocycles. The quantitative estimate of drug-likeness (QED) is 0.691. The maximum absolute atomic E-state index is 12.1. The van der Waals surface area contributed by atoms with Crippen molar-refractivity contribution < 1.29 is 14.3 Å². The highest BCUT2D eigenvalue weighted by Crippen LogP contribution is 2.12. The van der Waals surface area contributed by atoms with Crippen LogP contribution >= 0.6 is 0 Å². The molecule has 2 rings (SSSR count). The minimum Gasteiger partial charge on any atom is -0.497 e. The molecule has 0 aliphatic carbocycles. The summed E-state index contributed by atoms with van der Waals surface area (Å²) < 4.78 is 6.91. The third-order valence-corrected chi connectivity index (χ3v) is 3.75. The summed E-state index contributed by atoms with van der Waals surface area (Å²) in [6, 6.07) is 6.62. The zero-order chi connectivity index (χ0) is 18.9. The van der Waals surface area contributed by atoms with Crippen LogP contribution in [0.25, 0.3) is 6.08 Å².